The molecule has 0 unspecified atom stereocenters. The molecule has 2 atom stereocenters. The number of carbonyl (C=O) groups is 3. The minimum Gasteiger partial charge on any atom is -0.469 e. The predicted molar refractivity (Wildman–Crippen MR) is 161 cm³/mol. The SMILES string of the molecule is COC(=O)Cc1ccc2c(c1)NC(=O)[C@H](C)CCC[C@H](NC(=O)c1cnn(-c3cccc(Cl)c3F)c1C)c1cc-2ccn1. The van der Waals surface area contributed by atoms with Gasteiger partial charge in [-0.2, -0.15) is 5.10 Å². The number of aromatic nitrogens is 3. The van der Waals surface area contributed by atoms with Crippen LogP contribution in [0.2, 0.25) is 5.02 Å². The second kappa shape index (κ2) is 12.7. The fraction of sp³-hybridized carbons (Fsp3) is 0.281. The largest absolute Gasteiger partial charge is 0.469 e. The van der Waals surface area contributed by atoms with E-state index < -0.39 is 11.9 Å². The fourth-order valence-electron chi connectivity index (χ4n) is 5.18. The lowest BCUT2D eigenvalue weighted by molar-refractivity contribution is -0.139. The van der Waals surface area contributed by atoms with E-state index in [-0.39, 0.29) is 46.4 Å². The molecule has 222 valence electrons. The van der Waals surface area contributed by atoms with Gasteiger partial charge in [0.25, 0.3) is 5.91 Å². The van der Waals surface area contributed by atoms with Crippen molar-refractivity contribution in [2.24, 2.45) is 5.92 Å². The number of hydrogen-bond donors (Lipinski definition) is 2. The van der Waals surface area contributed by atoms with E-state index in [0.717, 1.165) is 11.1 Å². The smallest absolute Gasteiger partial charge is 0.309 e. The van der Waals surface area contributed by atoms with Gasteiger partial charge in [-0.15, -0.1) is 0 Å². The van der Waals surface area contributed by atoms with Crippen LogP contribution in [-0.2, 0) is 20.7 Å². The number of hydrogen-bond acceptors (Lipinski definition) is 6. The molecule has 0 fully saturated rings. The van der Waals surface area contributed by atoms with Crippen LogP contribution >= 0.6 is 11.6 Å². The van der Waals surface area contributed by atoms with Gasteiger partial charge in [-0.25, -0.2) is 9.07 Å². The molecule has 0 aliphatic carbocycles. The molecular formula is C32H31ClFN5O4. The van der Waals surface area contributed by atoms with Crippen LogP contribution in [-0.4, -0.2) is 39.7 Å². The second-order valence-corrected chi connectivity index (χ2v) is 11.0. The summed E-state index contributed by atoms with van der Waals surface area (Å²) in [6.07, 6.45) is 4.91. The molecule has 11 heteroatoms. The van der Waals surface area contributed by atoms with E-state index in [9.17, 15) is 18.8 Å². The number of methoxy groups -OCH3 is 1. The zero-order chi connectivity index (χ0) is 30.7. The lowest BCUT2D eigenvalue weighted by atomic mass is 9.94. The number of esters is 1. The summed E-state index contributed by atoms with van der Waals surface area (Å²) in [6, 6.07) is 13.3. The molecule has 0 spiro atoms. The van der Waals surface area contributed by atoms with Gasteiger partial charge in [0.1, 0.15) is 5.69 Å². The molecule has 2 aromatic carbocycles. The minimum atomic E-state index is -0.626. The van der Waals surface area contributed by atoms with Gasteiger partial charge in [0, 0.05) is 23.4 Å². The molecule has 43 heavy (non-hydrogen) atoms. The Morgan fingerprint density at radius 2 is 2.00 bits per heavy atom. The van der Waals surface area contributed by atoms with Crippen molar-refractivity contribution in [3.05, 3.63) is 94.3 Å². The van der Waals surface area contributed by atoms with E-state index >= 15 is 0 Å². The Kier molecular flexibility index (Phi) is 8.86. The fourth-order valence-corrected chi connectivity index (χ4v) is 5.35. The zero-order valence-corrected chi connectivity index (χ0v) is 24.7. The highest BCUT2D eigenvalue weighted by atomic mass is 35.5. The molecule has 0 saturated heterocycles. The van der Waals surface area contributed by atoms with E-state index in [2.05, 4.69) is 20.7 Å². The Hall–Kier alpha value is -4.57. The van der Waals surface area contributed by atoms with Crippen LogP contribution in [0.4, 0.5) is 10.1 Å². The third-order valence-corrected chi connectivity index (χ3v) is 7.96. The van der Waals surface area contributed by atoms with Crippen molar-refractivity contribution in [1.29, 1.82) is 0 Å². The topological polar surface area (TPSA) is 115 Å². The number of pyridine rings is 1. The molecule has 1 aliphatic heterocycles. The Morgan fingerprint density at radius 3 is 2.79 bits per heavy atom. The summed E-state index contributed by atoms with van der Waals surface area (Å²) in [5, 5.41) is 10.3. The van der Waals surface area contributed by atoms with Gasteiger partial charge in [-0.05, 0) is 61.2 Å². The summed E-state index contributed by atoms with van der Waals surface area (Å²) < 4.78 is 20.8. The van der Waals surface area contributed by atoms with Crippen molar-refractivity contribution in [2.75, 3.05) is 12.4 Å². The molecule has 2 N–H and O–H groups in total. The Balaban J connectivity index is 1.48. The normalized spacial score (nSPS) is 16.7. The van der Waals surface area contributed by atoms with Crippen molar-refractivity contribution < 1.29 is 23.5 Å². The van der Waals surface area contributed by atoms with E-state index in [1.807, 2.05) is 31.2 Å². The standard InChI is InChI=1S/C32H31ClFN5O4/c1-18-6-4-8-25(37-32(42)23-17-36-39(19(23)2)28-9-5-7-24(33)30(28)34)27-16-21(12-13-35-27)22-11-10-20(15-29(40)43-3)14-26(22)38-31(18)41/h5,7,9-14,16-18,25H,4,6,8,15H2,1-3H3,(H,37,42)(H,38,41)/t18-,25+/m1/s1. The average molecular weight is 604 g/mol. The van der Waals surface area contributed by atoms with Crippen molar-refractivity contribution in [3.63, 3.8) is 0 Å². The van der Waals surface area contributed by atoms with Crippen LogP contribution in [0.3, 0.4) is 0 Å². The van der Waals surface area contributed by atoms with Gasteiger partial charge in [-0.1, -0.05) is 43.1 Å². The van der Waals surface area contributed by atoms with Crippen molar-refractivity contribution >= 4 is 35.1 Å². The number of carbonyl (C=O) groups excluding carboxylic acids is 3. The molecule has 2 bridgehead atoms. The Bertz CT molecular complexity index is 1710. The summed E-state index contributed by atoms with van der Waals surface area (Å²) in [4.78, 5) is 43.1. The van der Waals surface area contributed by atoms with E-state index in [1.165, 1.54) is 24.1 Å². The van der Waals surface area contributed by atoms with Gasteiger partial charge in [0.2, 0.25) is 5.91 Å². The number of rotatable bonds is 5. The summed E-state index contributed by atoms with van der Waals surface area (Å²) in [5.74, 6) is -1.82. The molecule has 3 heterocycles. The number of halogens is 2. The highest BCUT2D eigenvalue weighted by Gasteiger charge is 2.24. The first kappa shape index (κ1) is 29.9. The van der Waals surface area contributed by atoms with Crippen LogP contribution in [0.25, 0.3) is 16.8 Å². The van der Waals surface area contributed by atoms with Crippen LogP contribution in [0.1, 0.15) is 59.5 Å². The molecule has 4 aromatic rings. The molecule has 5 rings (SSSR count). The van der Waals surface area contributed by atoms with Gasteiger partial charge >= 0.3 is 5.97 Å². The third kappa shape index (κ3) is 6.44. The first-order chi connectivity index (χ1) is 20.7. The van der Waals surface area contributed by atoms with Crippen LogP contribution < -0.4 is 10.6 Å². The molecule has 9 nitrogen and oxygen atoms in total. The third-order valence-electron chi connectivity index (χ3n) is 7.66. The number of anilines is 1. The first-order valence-corrected chi connectivity index (χ1v) is 14.3. The summed E-state index contributed by atoms with van der Waals surface area (Å²) in [5.41, 5.74) is 4.37. The molecule has 0 saturated carbocycles. The monoisotopic (exact) mass is 603 g/mol. The van der Waals surface area contributed by atoms with Gasteiger partial charge in [-0.3, -0.25) is 19.4 Å². The van der Waals surface area contributed by atoms with Crippen LogP contribution in [0.15, 0.2) is 60.9 Å². The molecule has 2 amide bonds. The lowest BCUT2D eigenvalue weighted by Gasteiger charge is -2.22. The summed E-state index contributed by atoms with van der Waals surface area (Å²) in [6.45, 7) is 3.55. The van der Waals surface area contributed by atoms with E-state index in [4.69, 9.17) is 16.3 Å². The first-order valence-electron chi connectivity index (χ1n) is 13.9. The zero-order valence-electron chi connectivity index (χ0n) is 24.0. The average Bonchev–Trinajstić information content (AvgIpc) is 3.38. The quantitative estimate of drug-likeness (QED) is 0.271. The maximum absolute atomic E-state index is 14.7. The van der Waals surface area contributed by atoms with Gasteiger partial charge in [0.05, 0.1) is 47.7 Å². The Morgan fingerprint density at radius 1 is 1.19 bits per heavy atom. The number of ether oxygens (including phenoxy) is 1. The van der Waals surface area contributed by atoms with E-state index in [1.54, 1.807) is 31.3 Å². The molecular weight excluding hydrogens is 573 g/mol. The van der Waals surface area contributed by atoms with Gasteiger partial charge < -0.3 is 15.4 Å². The second-order valence-electron chi connectivity index (χ2n) is 10.6. The number of benzene rings is 2. The van der Waals surface area contributed by atoms with Gasteiger partial charge in [0.15, 0.2) is 5.82 Å². The molecule has 0 radical (unpaired) electrons. The maximum Gasteiger partial charge on any atom is 0.309 e. The molecule has 2 aromatic heterocycles. The Labute approximate surface area is 253 Å². The van der Waals surface area contributed by atoms with Crippen molar-refractivity contribution in [2.45, 2.75) is 45.6 Å². The van der Waals surface area contributed by atoms with Crippen molar-refractivity contribution in [1.82, 2.24) is 20.1 Å². The molecule has 1 aliphatic rings. The van der Waals surface area contributed by atoms with Crippen LogP contribution in [0, 0.1) is 18.7 Å². The summed E-state index contributed by atoms with van der Waals surface area (Å²) >= 11 is 5.96. The number of nitrogens with zero attached hydrogens (tertiary/aromatic N) is 3. The highest BCUT2D eigenvalue weighted by molar-refractivity contribution is 6.30. The lowest BCUT2D eigenvalue weighted by Crippen LogP contribution is -2.30. The van der Waals surface area contributed by atoms with Crippen molar-refractivity contribution in [3.8, 4) is 16.8 Å². The van der Waals surface area contributed by atoms with E-state index in [0.29, 0.717) is 41.9 Å². The highest BCUT2D eigenvalue weighted by Crippen LogP contribution is 2.33. The number of fused-ring (bicyclic) bond motifs is 4. The number of amides is 2. The summed E-state index contributed by atoms with van der Waals surface area (Å²) in [7, 11) is 1.33. The maximum atomic E-state index is 14.7. The predicted octanol–water partition coefficient (Wildman–Crippen LogP) is 5.98. The minimum absolute atomic E-state index is 0.0400. The van der Waals surface area contributed by atoms with Crippen LogP contribution in [0.5, 0.6) is 0 Å². The number of nitrogens with one attached hydrogen (secondary N) is 2.